The second-order valence-corrected chi connectivity index (χ2v) is 7.57. The molecule has 0 atom stereocenters. The van der Waals surface area contributed by atoms with E-state index >= 15 is 0 Å². The molecule has 0 unspecified atom stereocenters. The molecule has 3 aromatic rings. The van der Waals surface area contributed by atoms with Gasteiger partial charge in [0.05, 0.1) is 22.8 Å². The van der Waals surface area contributed by atoms with E-state index in [0.717, 1.165) is 29.0 Å². The van der Waals surface area contributed by atoms with Crippen molar-refractivity contribution in [2.24, 2.45) is 0 Å². The Kier molecular flexibility index (Phi) is 6.64. The van der Waals surface area contributed by atoms with Crippen LogP contribution in [-0.4, -0.2) is 10.5 Å². The second kappa shape index (κ2) is 8.90. The summed E-state index contributed by atoms with van der Waals surface area (Å²) in [6.07, 6.45) is -3.97. The standard InChI is InChI=1S/C20H11Cl3F4N2O2/c21-15-2-1-3-16(22)13(15)9-29-8-11(7-14(19(29)31)20(25,26)27)28-18(30)12-5-4-10(24)6-17(12)23/h1-8H,9H2,(H,28,30). The van der Waals surface area contributed by atoms with Crippen LogP contribution in [0.25, 0.3) is 0 Å². The summed E-state index contributed by atoms with van der Waals surface area (Å²) >= 11 is 17.9. The molecule has 1 amide bonds. The molecule has 0 radical (unpaired) electrons. The molecule has 11 heteroatoms. The summed E-state index contributed by atoms with van der Waals surface area (Å²) in [5.41, 5.74) is -3.12. The largest absolute Gasteiger partial charge is 0.421 e. The third-order valence-corrected chi connectivity index (χ3v) is 5.24. The Bertz CT molecular complexity index is 1210. The summed E-state index contributed by atoms with van der Waals surface area (Å²) in [5, 5.41) is 2.32. The molecule has 4 nitrogen and oxygen atoms in total. The summed E-state index contributed by atoms with van der Waals surface area (Å²) in [4.78, 5) is 24.9. The van der Waals surface area contributed by atoms with Crippen LogP contribution < -0.4 is 10.9 Å². The van der Waals surface area contributed by atoms with E-state index in [-0.39, 0.29) is 38.4 Å². The number of alkyl halides is 3. The number of aromatic nitrogens is 1. The number of nitrogens with zero attached hydrogens (tertiary/aromatic N) is 1. The number of carbonyl (C=O) groups excluding carboxylic acids is 1. The van der Waals surface area contributed by atoms with Crippen LogP contribution in [0.1, 0.15) is 21.5 Å². The third kappa shape index (κ3) is 5.20. The maximum Gasteiger partial charge on any atom is 0.421 e. The number of rotatable bonds is 4. The number of pyridine rings is 1. The lowest BCUT2D eigenvalue weighted by molar-refractivity contribution is -0.138. The fraction of sp³-hybridized carbons (Fsp3) is 0.100. The van der Waals surface area contributed by atoms with E-state index in [9.17, 15) is 27.2 Å². The summed E-state index contributed by atoms with van der Waals surface area (Å²) < 4.78 is 54.2. The molecule has 1 N–H and O–H groups in total. The van der Waals surface area contributed by atoms with Crippen molar-refractivity contribution in [2.75, 3.05) is 5.32 Å². The minimum absolute atomic E-state index is 0.153. The first-order chi connectivity index (χ1) is 14.5. The number of hydrogen-bond acceptors (Lipinski definition) is 2. The fourth-order valence-electron chi connectivity index (χ4n) is 2.75. The predicted molar refractivity (Wildman–Crippen MR) is 111 cm³/mol. The summed E-state index contributed by atoms with van der Waals surface area (Å²) in [7, 11) is 0. The van der Waals surface area contributed by atoms with Crippen LogP contribution in [0.2, 0.25) is 15.1 Å². The maximum atomic E-state index is 13.4. The SMILES string of the molecule is O=C(Nc1cc(C(F)(F)F)c(=O)n(Cc2c(Cl)cccc2Cl)c1)c1ccc(F)cc1Cl. The summed E-state index contributed by atoms with van der Waals surface area (Å²) in [6, 6.07) is 7.93. The molecule has 0 bridgehead atoms. The van der Waals surface area contributed by atoms with Crippen LogP contribution in [-0.2, 0) is 12.7 Å². The van der Waals surface area contributed by atoms with Crippen molar-refractivity contribution in [3.8, 4) is 0 Å². The van der Waals surface area contributed by atoms with Crippen molar-refractivity contribution in [1.82, 2.24) is 4.57 Å². The topological polar surface area (TPSA) is 51.1 Å². The highest BCUT2D eigenvalue weighted by Crippen LogP contribution is 2.30. The molecule has 0 saturated carbocycles. The number of nitrogens with one attached hydrogen (secondary N) is 1. The number of halogens is 7. The zero-order chi connectivity index (χ0) is 22.9. The van der Waals surface area contributed by atoms with Crippen molar-refractivity contribution in [1.29, 1.82) is 0 Å². The Balaban J connectivity index is 2.06. The Morgan fingerprint density at radius 3 is 2.23 bits per heavy atom. The van der Waals surface area contributed by atoms with Gasteiger partial charge in [0.2, 0.25) is 0 Å². The van der Waals surface area contributed by atoms with Gasteiger partial charge in [0, 0.05) is 21.8 Å². The molecular formula is C20H11Cl3F4N2O2. The first-order valence-electron chi connectivity index (χ1n) is 8.48. The van der Waals surface area contributed by atoms with Gasteiger partial charge in [-0.3, -0.25) is 9.59 Å². The molecule has 162 valence electrons. The van der Waals surface area contributed by atoms with Gasteiger partial charge in [-0.25, -0.2) is 4.39 Å². The zero-order valence-electron chi connectivity index (χ0n) is 15.2. The van der Waals surface area contributed by atoms with Gasteiger partial charge in [-0.1, -0.05) is 40.9 Å². The minimum atomic E-state index is -4.99. The lowest BCUT2D eigenvalue weighted by Crippen LogP contribution is -2.30. The quantitative estimate of drug-likeness (QED) is 0.436. The first-order valence-corrected chi connectivity index (χ1v) is 9.61. The lowest BCUT2D eigenvalue weighted by Gasteiger charge is -2.16. The van der Waals surface area contributed by atoms with Crippen molar-refractivity contribution in [3.63, 3.8) is 0 Å². The van der Waals surface area contributed by atoms with Crippen LogP contribution in [0.5, 0.6) is 0 Å². The zero-order valence-corrected chi connectivity index (χ0v) is 17.5. The number of hydrogen-bond donors (Lipinski definition) is 1. The highest BCUT2D eigenvalue weighted by atomic mass is 35.5. The van der Waals surface area contributed by atoms with Gasteiger partial charge in [-0.15, -0.1) is 0 Å². The Labute approximate surface area is 188 Å². The monoisotopic (exact) mass is 492 g/mol. The molecule has 0 spiro atoms. The Morgan fingerprint density at radius 2 is 1.65 bits per heavy atom. The predicted octanol–water partition coefficient (Wildman–Crippen LogP) is 6.27. The molecule has 31 heavy (non-hydrogen) atoms. The average Bonchev–Trinajstić information content (AvgIpc) is 2.65. The average molecular weight is 494 g/mol. The van der Waals surface area contributed by atoms with E-state index < -0.39 is 29.0 Å². The Morgan fingerprint density at radius 1 is 1.00 bits per heavy atom. The molecule has 0 fully saturated rings. The number of benzene rings is 2. The summed E-state index contributed by atoms with van der Waals surface area (Å²) in [6.45, 7) is -0.374. The van der Waals surface area contributed by atoms with E-state index in [4.69, 9.17) is 34.8 Å². The fourth-order valence-corrected chi connectivity index (χ4v) is 3.52. The maximum absolute atomic E-state index is 13.4. The molecule has 2 aromatic carbocycles. The molecule has 0 aliphatic heterocycles. The van der Waals surface area contributed by atoms with E-state index in [1.54, 1.807) is 6.07 Å². The number of anilines is 1. The van der Waals surface area contributed by atoms with Gasteiger partial charge in [0.1, 0.15) is 11.4 Å². The molecule has 0 saturated heterocycles. The van der Waals surface area contributed by atoms with Gasteiger partial charge in [-0.2, -0.15) is 13.2 Å². The van der Waals surface area contributed by atoms with Crippen LogP contribution in [0.15, 0.2) is 53.5 Å². The third-order valence-electron chi connectivity index (χ3n) is 4.22. The Hall–Kier alpha value is -2.55. The molecule has 1 heterocycles. The van der Waals surface area contributed by atoms with E-state index in [0.29, 0.717) is 6.07 Å². The lowest BCUT2D eigenvalue weighted by atomic mass is 10.1. The smallest absolute Gasteiger partial charge is 0.321 e. The van der Waals surface area contributed by atoms with Gasteiger partial charge in [0.15, 0.2) is 0 Å². The van der Waals surface area contributed by atoms with E-state index in [1.807, 2.05) is 0 Å². The van der Waals surface area contributed by atoms with Crippen LogP contribution in [0.3, 0.4) is 0 Å². The highest BCUT2D eigenvalue weighted by Gasteiger charge is 2.35. The van der Waals surface area contributed by atoms with Crippen molar-refractivity contribution in [3.05, 3.63) is 96.6 Å². The molecule has 0 aliphatic rings. The normalized spacial score (nSPS) is 11.5. The van der Waals surface area contributed by atoms with E-state index in [1.165, 1.54) is 12.1 Å². The van der Waals surface area contributed by atoms with Crippen molar-refractivity contribution < 1.29 is 22.4 Å². The molecular weight excluding hydrogens is 483 g/mol. The van der Waals surface area contributed by atoms with Crippen molar-refractivity contribution in [2.45, 2.75) is 12.7 Å². The first kappa shape index (κ1) is 23.1. The van der Waals surface area contributed by atoms with Gasteiger partial charge in [-0.05, 0) is 36.4 Å². The molecule has 3 rings (SSSR count). The molecule has 1 aromatic heterocycles. The van der Waals surface area contributed by atoms with Crippen LogP contribution in [0.4, 0.5) is 23.2 Å². The van der Waals surface area contributed by atoms with Crippen molar-refractivity contribution >= 4 is 46.4 Å². The number of amides is 1. The number of carbonyl (C=O) groups is 1. The minimum Gasteiger partial charge on any atom is -0.321 e. The van der Waals surface area contributed by atoms with Gasteiger partial charge >= 0.3 is 6.18 Å². The summed E-state index contributed by atoms with van der Waals surface area (Å²) in [5.74, 6) is -1.58. The van der Waals surface area contributed by atoms with Crippen LogP contribution in [0, 0.1) is 5.82 Å². The molecule has 0 aliphatic carbocycles. The second-order valence-electron chi connectivity index (χ2n) is 6.35. The van der Waals surface area contributed by atoms with Crippen LogP contribution >= 0.6 is 34.8 Å². The van der Waals surface area contributed by atoms with E-state index in [2.05, 4.69) is 5.32 Å². The van der Waals surface area contributed by atoms with Gasteiger partial charge < -0.3 is 9.88 Å². The highest BCUT2D eigenvalue weighted by molar-refractivity contribution is 6.36. The van der Waals surface area contributed by atoms with Gasteiger partial charge in [0.25, 0.3) is 11.5 Å².